The van der Waals surface area contributed by atoms with Gasteiger partial charge in [-0.3, -0.25) is 4.79 Å². The average Bonchev–Trinajstić information content (AvgIpc) is 2.26. The Morgan fingerprint density at radius 2 is 2.44 bits per heavy atom. The molecule has 0 aliphatic carbocycles. The maximum absolute atomic E-state index is 11.7. The Morgan fingerprint density at radius 1 is 1.69 bits per heavy atom. The second-order valence-corrected chi connectivity index (χ2v) is 5.36. The minimum absolute atomic E-state index is 0.0453. The number of thioether (sulfide) groups is 1. The van der Waals surface area contributed by atoms with Crippen molar-refractivity contribution in [2.24, 2.45) is 5.92 Å². The fraction of sp³-hybridized carbons (Fsp3) is 0.455. The van der Waals surface area contributed by atoms with Crippen LogP contribution in [0.2, 0.25) is 0 Å². The Hall–Kier alpha value is -0.550. The highest BCUT2D eigenvalue weighted by Crippen LogP contribution is 2.08. The minimum Gasteiger partial charge on any atom is -0.352 e. The zero-order valence-electron chi connectivity index (χ0n) is 9.37. The molecule has 1 amide bonds. The fourth-order valence-corrected chi connectivity index (χ4v) is 2.31. The molecule has 1 heterocycles. The molecule has 3 nitrogen and oxygen atoms in total. The molecular formula is C11H15BrN2OS. The Balaban J connectivity index is 2.47. The van der Waals surface area contributed by atoms with Crippen LogP contribution >= 0.6 is 27.7 Å². The number of rotatable bonds is 5. The quantitative estimate of drug-likeness (QED) is 0.850. The summed E-state index contributed by atoms with van der Waals surface area (Å²) >= 11 is 5.03. The van der Waals surface area contributed by atoms with Crippen molar-refractivity contribution in [1.29, 1.82) is 0 Å². The van der Waals surface area contributed by atoms with Crippen molar-refractivity contribution in [3.8, 4) is 0 Å². The van der Waals surface area contributed by atoms with Gasteiger partial charge in [-0.05, 0) is 46.0 Å². The number of carbonyl (C=O) groups excluding carboxylic acids is 1. The molecule has 0 spiro atoms. The molecular weight excluding hydrogens is 288 g/mol. The van der Waals surface area contributed by atoms with E-state index in [-0.39, 0.29) is 5.91 Å². The zero-order valence-corrected chi connectivity index (χ0v) is 11.8. The van der Waals surface area contributed by atoms with Gasteiger partial charge < -0.3 is 5.32 Å². The molecule has 1 atom stereocenters. The molecule has 88 valence electrons. The van der Waals surface area contributed by atoms with E-state index in [0.29, 0.717) is 22.6 Å². The van der Waals surface area contributed by atoms with E-state index in [1.807, 2.05) is 0 Å². The topological polar surface area (TPSA) is 42.0 Å². The van der Waals surface area contributed by atoms with Gasteiger partial charge in [0.25, 0.3) is 5.91 Å². The summed E-state index contributed by atoms with van der Waals surface area (Å²) in [6.07, 6.45) is 3.68. The van der Waals surface area contributed by atoms with Gasteiger partial charge >= 0.3 is 0 Å². The van der Waals surface area contributed by atoms with E-state index in [4.69, 9.17) is 0 Å². The first-order valence-electron chi connectivity index (χ1n) is 5.02. The predicted octanol–water partition coefficient (Wildman–Crippen LogP) is 2.57. The molecule has 1 unspecified atom stereocenters. The molecule has 1 N–H and O–H groups in total. The van der Waals surface area contributed by atoms with Gasteiger partial charge in [0.2, 0.25) is 0 Å². The molecule has 0 aromatic carbocycles. The van der Waals surface area contributed by atoms with Crippen LogP contribution in [0.3, 0.4) is 0 Å². The standard InChI is InChI=1S/C11H15BrN2OS/c1-8(7-16-2)6-14-11(15)9-3-4-13-10(12)5-9/h3-5,8H,6-7H2,1-2H3,(H,14,15). The van der Waals surface area contributed by atoms with Crippen LogP contribution in [0.4, 0.5) is 0 Å². The maximum atomic E-state index is 11.7. The van der Waals surface area contributed by atoms with E-state index in [0.717, 1.165) is 5.75 Å². The third-order valence-corrected chi connectivity index (χ3v) is 3.39. The monoisotopic (exact) mass is 302 g/mol. The van der Waals surface area contributed by atoms with Crippen LogP contribution in [0.15, 0.2) is 22.9 Å². The minimum atomic E-state index is -0.0453. The van der Waals surface area contributed by atoms with E-state index < -0.39 is 0 Å². The summed E-state index contributed by atoms with van der Waals surface area (Å²) in [5, 5.41) is 2.91. The van der Waals surface area contributed by atoms with Crippen molar-refractivity contribution in [2.45, 2.75) is 6.92 Å². The number of halogens is 1. The Bertz CT molecular complexity index is 360. The largest absolute Gasteiger partial charge is 0.352 e. The van der Waals surface area contributed by atoms with Crippen LogP contribution in [0.25, 0.3) is 0 Å². The van der Waals surface area contributed by atoms with E-state index in [9.17, 15) is 4.79 Å². The molecule has 0 bridgehead atoms. The lowest BCUT2D eigenvalue weighted by Gasteiger charge is -2.11. The Morgan fingerprint density at radius 3 is 3.06 bits per heavy atom. The first-order valence-corrected chi connectivity index (χ1v) is 7.21. The molecule has 0 saturated carbocycles. The lowest BCUT2D eigenvalue weighted by Crippen LogP contribution is -2.29. The average molecular weight is 303 g/mol. The summed E-state index contributed by atoms with van der Waals surface area (Å²) in [6.45, 7) is 2.83. The van der Waals surface area contributed by atoms with E-state index in [1.165, 1.54) is 0 Å². The van der Waals surface area contributed by atoms with Gasteiger partial charge in [-0.2, -0.15) is 11.8 Å². The van der Waals surface area contributed by atoms with Crippen molar-refractivity contribution in [2.75, 3.05) is 18.6 Å². The van der Waals surface area contributed by atoms with E-state index >= 15 is 0 Å². The lowest BCUT2D eigenvalue weighted by atomic mass is 10.2. The summed E-state index contributed by atoms with van der Waals surface area (Å²) in [7, 11) is 0. The second kappa shape index (κ2) is 6.91. The molecule has 1 rings (SSSR count). The van der Waals surface area contributed by atoms with Crippen LogP contribution in [-0.4, -0.2) is 29.4 Å². The third kappa shape index (κ3) is 4.53. The highest BCUT2D eigenvalue weighted by atomic mass is 79.9. The van der Waals surface area contributed by atoms with Crippen molar-refractivity contribution >= 4 is 33.6 Å². The number of pyridine rings is 1. The van der Waals surface area contributed by atoms with Crippen molar-refractivity contribution in [3.63, 3.8) is 0 Å². The third-order valence-electron chi connectivity index (χ3n) is 2.05. The van der Waals surface area contributed by atoms with E-state index in [1.54, 1.807) is 30.1 Å². The number of amides is 1. The molecule has 0 aliphatic rings. The van der Waals surface area contributed by atoms with Crippen LogP contribution in [0.1, 0.15) is 17.3 Å². The molecule has 1 aromatic heterocycles. The molecule has 0 saturated heterocycles. The van der Waals surface area contributed by atoms with Gasteiger partial charge in [-0.15, -0.1) is 0 Å². The SMILES string of the molecule is CSCC(C)CNC(=O)c1ccnc(Br)c1. The first-order chi connectivity index (χ1) is 7.63. The number of nitrogens with one attached hydrogen (secondary N) is 1. The van der Waals surface area contributed by atoms with Crippen LogP contribution in [-0.2, 0) is 0 Å². The maximum Gasteiger partial charge on any atom is 0.251 e. The summed E-state index contributed by atoms with van der Waals surface area (Å²) in [5.74, 6) is 1.50. The van der Waals surface area contributed by atoms with Crippen molar-refractivity contribution < 1.29 is 4.79 Å². The van der Waals surface area contributed by atoms with Gasteiger partial charge in [0.1, 0.15) is 4.60 Å². The molecule has 0 fully saturated rings. The molecule has 0 radical (unpaired) electrons. The zero-order chi connectivity index (χ0) is 12.0. The van der Waals surface area contributed by atoms with Gasteiger partial charge in [-0.25, -0.2) is 4.98 Å². The summed E-state index contributed by atoms with van der Waals surface area (Å²) in [5.41, 5.74) is 0.637. The highest BCUT2D eigenvalue weighted by molar-refractivity contribution is 9.10. The van der Waals surface area contributed by atoms with Crippen LogP contribution in [0.5, 0.6) is 0 Å². The Kier molecular flexibility index (Phi) is 5.84. The summed E-state index contributed by atoms with van der Waals surface area (Å²) < 4.78 is 0.678. The number of carbonyl (C=O) groups is 1. The number of hydrogen-bond acceptors (Lipinski definition) is 3. The van der Waals surface area contributed by atoms with Gasteiger partial charge in [-0.1, -0.05) is 6.92 Å². The highest BCUT2D eigenvalue weighted by Gasteiger charge is 2.07. The van der Waals surface area contributed by atoms with Crippen LogP contribution < -0.4 is 5.32 Å². The lowest BCUT2D eigenvalue weighted by molar-refractivity contribution is 0.0949. The molecule has 0 aliphatic heterocycles. The van der Waals surface area contributed by atoms with Gasteiger partial charge in [0, 0.05) is 18.3 Å². The molecule has 1 aromatic rings. The van der Waals surface area contributed by atoms with Crippen molar-refractivity contribution in [1.82, 2.24) is 10.3 Å². The van der Waals surface area contributed by atoms with Gasteiger partial charge in [0.05, 0.1) is 0 Å². The Labute approximate surface area is 109 Å². The summed E-state index contributed by atoms with van der Waals surface area (Å²) in [6, 6.07) is 3.42. The molecule has 16 heavy (non-hydrogen) atoms. The predicted molar refractivity (Wildman–Crippen MR) is 71.8 cm³/mol. The number of hydrogen-bond donors (Lipinski definition) is 1. The van der Waals surface area contributed by atoms with Crippen molar-refractivity contribution in [3.05, 3.63) is 28.5 Å². The molecule has 5 heteroatoms. The smallest absolute Gasteiger partial charge is 0.251 e. The fourth-order valence-electron chi connectivity index (χ4n) is 1.26. The van der Waals surface area contributed by atoms with Crippen LogP contribution in [0, 0.1) is 5.92 Å². The first kappa shape index (κ1) is 13.5. The number of aromatic nitrogens is 1. The normalized spacial score (nSPS) is 12.2. The second-order valence-electron chi connectivity index (χ2n) is 3.64. The summed E-state index contributed by atoms with van der Waals surface area (Å²) in [4.78, 5) is 15.7. The van der Waals surface area contributed by atoms with Gasteiger partial charge in [0.15, 0.2) is 0 Å². The number of nitrogens with zero attached hydrogens (tertiary/aromatic N) is 1. The van der Waals surface area contributed by atoms with E-state index in [2.05, 4.69) is 39.4 Å².